The van der Waals surface area contributed by atoms with Gasteiger partial charge in [-0.1, -0.05) is 13.3 Å². The lowest BCUT2D eigenvalue weighted by Gasteiger charge is -2.32. The van der Waals surface area contributed by atoms with Gasteiger partial charge in [-0.05, 0) is 54.9 Å². The lowest BCUT2D eigenvalue weighted by atomic mass is 9.88. The number of H-pyrrole nitrogens is 1. The summed E-state index contributed by atoms with van der Waals surface area (Å²) < 4.78 is 0. The number of rotatable bonds is 5. The molecule has 1 unspecified atom stereocenters. The van der Waals surface area contributed by atoms with Crippen molar-refractivity contribution < 1.29 is 14.7 Å². The first-order valence-electron chi connectivity index (χ1n) is 9.78. The summed E-state index contributed by atoms with van der Waals surface area (Å²) in [5, 5.41) is 26.2. The van der Waals surface area contributed by atoms with Crippen LogP contribution in [-0.4, -0.2) is 46.8 Å². The van der Waals surface area contributed by atoms with Crippen LogP contribution in [0.5, 0.6) is 0 Å². The molecular weight excluding hydrogens is 388 g/mol. The normalized spacial score (nSPS) is 18.7. The molecule has 4 N–H and O–H groups in total. The Bertz CT molecular complexity index is 937. The van der Waals surface area contributed by atoms with Crippen molar-refractivity contribution in [2.24, 2.45) is 5.92 Å². The number of benzene rings is 1. The molecule has 0 spiro atoms. The molecule has 3 heterocycles. The highest BCUT2D eigenvalue weighted by Crippen LogP contribution is 2.28. The summed E-state index contributed by atoms with van der Waals surface area (Å²) in [4.78, 5) is 21.1. The molecule has 1 aromatic carbocycles. The third-order valence-electron chi connectivity index (χ3n) is 5.22. The molecule has 1 amide bonds. The lowest BCUT2D eigenvalue weighted by molar-refractivity contribution is -0.122. The monoisotopic (exact) mass is 414 g/mol. The first kappa shape index (κ1) is 21.0. The minimum Gasteiger partial charge on any atom is -0.483 e. The fourth-order valence-electron chi connectivity index (χ4n) is 3.83. The molecule has 29 heavy (non-hydrogen) atoms. The standard InChI is InChI=1S/C20H24N4OS.CH2O2/c1-2-3-13-6-8-21-11-18(13)22-20(25)14-4-5-16-17(10-14)23-24-19(16)15-7-9-26-12-15;2-1-3/h4-5,7,9-10,12-13,18,21H,2-3,6,8,11H2,1H3,(H,22,25)(H,23,24);1H,(H,2,3)/t13?,18-;/m0./s1. The van der Waals surface area contributed by atoms with Crippen molar-refractivity contribution in [1.82, 2.24) is 20.8 Å². The fourth-order valence-corrected chi connectivity index (χ4v) is 4.47. The molecule has 0 saturated carbocycles. The Kier molecular flexibility index (Phi) is 7.37. The van der Waals surface area contributed by atoms with Crippen LogP contribution in [-0.2, 0) is 4.79 Å². The van der Waals surface area contributed by atoms with E-state index in [0.717, 1.165) is 54.5 Å². The summed E-state index contributed by atoms with van der Waals surface area (Å²) in [6.45, 7) is 3.85. The van der Waals surface area contributed by atoms with Crippen LogP contribution >= 0.6 is 11.3 Å². The molecule has 154 valence electrons. The summed E-state index contributed by atoms with van der Waals surface area (Å²) in [7, 11) is 0. The maximum atomic E-state index is 12.8. The first-order chi connectivity index (χ1) is 14.2. The van der Waals surface area contributed by atoms with Gasteiger partial charge in [0.15, 0.2) is 0 Å². The molecule has 0 aliphatic carbocycles. The highest BCUT2D eigenvalue weighted by molar-refractivity contribution is 7.08. The highest BCUT2D eigenvalue weighted by atomic mass is 32.1. The number of amides is 1. The van der Waals surface area contributed by atoms with E-state index >= 15 is 0 Å². The van der Waals surface area contributed by atoms with Gasteiger partial charge < -0.3 is 15.7 Å². The van der Waals surface area contributed by atoms with Gasteiger partial charge in [-0.25, -0.2) is 0 Å². The van der Waals surface area contributed by atoms with Crippen LogP contribution in [0.1, 0.15) is 36.5 Å². The van der Waals surface area contributed by atoms with Crippen molar-refractivity contribution in [1.29, 1.82) is 0 Å². The van der Waals surface area contributed by atoms with Gasteiger partial charge in [0, 0.05) is 34.5 Å². The van der Waals surface area contributed by atoms with Gasteiger partial charge in [0.05, 0.1) is 5.52 Å². The van der Waals surface area contributed by atoms with Crippen molar-refractivity contribution in [2.45, 2.75) is 32.2 Å². The molecule has 0 bridgehead atoms. The van der Waals surface area contributed by atoms with Crippen LogP contribution in [0.3, 0.4) is 0 Å². The van der Waals surface area contributed by atoms with E-state index in [0.29, 0.717) is 11.5 Å². The van der Waals surface area contributed by atoms with E-state index in [1.807, 2.05) is 23.6 Å². The Balaban J connectivity index is 0.000000755. The van der Waals surface area contributed by atoms with Crippen molar-refractivity contribution in [3.63, 3.8) is 0 Å². The number of thiophene rings is 1. The Morgan fingerprint density at radius 3 is 2.97 bits per heavy atom. The number of nitrogens with one attached hydrogen (secondary N) is 3. The zero-order valence-corrected chi connectivity index (χ0v) is 17.2. The number of hydrogen-bond donors (Lipinski definition) is 4. The van der Waals surface area contributed by atoms with Crippen molar-refractivity contribution in [3.8, 4) is 11.3 Å². The van der Waals surface area contributed by atoms with Gasteiger partial charge >= 0.3 is 0 Å². The van der Waals surface area contributed by atoms with E-state index in [1.54, 1.807) is 11.3 Å². The van der Waals surface area contributed by atoms with Gasteiger partial charge in [0.25, 0.3) is 12.4 Å². The molecule has 1 aliphatic heterocycles. The van der Waals surface area contributed by atoms with E-state index in [4.69, 9.17) is 9.90 Å². The van der Waals surface area contributed by atoms with E-state index in [-0.39, 0.29) is 18.4 Å². The van der Waals surface area contributed by atoms with Crippen molar-refractivity contribution in [2.75, 3.05) is 13.1 Å². The summed E-state index contributed by atoms with van der Waals surface area (Å²) in [5.41, 5.74) is 3.62. The maximum absolute atomic E-state index is 12.8. The average molecular weight is 415 g/mol. The number of fused-ring (bicyclic) bond motifs is 1. The van der Waals surface area contributed by atoms with Crippen LogP contribution in [0.25, 0.3) is 22.2 Å². The number of carboxylic acid groups (broad SMARTS) is 1. The summed E-state index contributed by atoms with van der Waals surface area (Å²) in [6, 6.07) is 8.05. The second-order valence-corrected chi connectivity index (χ2v) is 7.85. The van der Waals surface area contributed by atoms with Crippen LogP contribution in [0, 0.1) is 5.92 Å². The zero-order valence-electron chi connectivity index (χ0n) is 16.4. The Morgan fingerprint density at radius 1 is 1.41 bits per heavy atom. The Hall–Kier alpha value is -2.71. The minimum atomic E-state index is -0.250. The number of aromatic nitrogens is 2. The molecule has 7 nitrogen and oxygen atoms in total. The molecule has 0 radical (unpaired) electrons. The smallest absolute Gasteiger partial charge is 0.290 e. The molecule has 4 rings (SSSR count). The van der Waals surface area contributed by atoms with Crippen molar-refractivity contribution >= 4 is 34.6 Å². The minimum absolute atomic E-state index is 0.00612. The molecule has 1 fully saturated rings. The molecule has 1 aliphatic rings. The Morgan fingerprint density at radius 2 is 2.24 bits per heavy atom. The topological polar surface area (TPSA) is 107 Å². The van der Waals surface area contributed by atoms with Gasteiger partial charge in [-0.15, -0.1) is 0 Å². The molecular formula is C21H26N4O3S. The third-order valence-corrected chi connectivity index (χ3v) is 5.90. The number of hydrogen-bond acceptors (Lipinski definition) is 5. The van der Waals surface area contributed by atoms with E-state index < -0.39 is 0 Å². The van der Waals surface area contributed by atoms with E-state index in [2.05, 4.69) is 39.2 Å². The van der Waals surface area contributed by atoms with Crippen LogP contribution in [0.2, 0.25) is 0 Å². The van der Waals surface area contributed by atoms with Gasteiger partial charge in [-0.2, -0.15) is 16.4 Å². The number of aromatic amines is 1. The van der Waals surface area contributed by atoms with Crippen LogP contribution < -0.4 is 10.6 Å². The Labute approximate surface area is 173 Å². The van der Waals surface area contributed by atoms with Crippen LogP contribution in [0.15, 0.2) is 35.0 Å². The molecule has 3 aromatic rings. The second kappa shape index (κ2) is 10.2. The number of nitrogens with zero attached hydrogens (tertiary/aromatic N) is 1. The summed E-state index contributed by atoms with van der Waals surface area (Å²) >= 11 is 1.65. The molecule has 1 saturated heterocycles. The van der Waals surface area contributed by atoms with Gasteiger partial charge in [0.1, 0.15) is 5.69 Å². The number of carbonyl (C=O) groups is 2. The largest absolute Gasteiger partial charge is 0.483 e. The molecule has 8 heteroatoms. The average Bonchev–Trinajstić information content (AvgIpc) is 3.39. The second-order valence-electron chi connectivity index (χ2n) is 7.07. The predicted octanol–water partition coefficient (Wildman–Crippen LogP) is 3.50. The summed E-state index contributed by atoms with van der Waals surface area (Å²) in [5.74, 6) is 0.555. The quantitative estimate of drug-likeness (QED) is 0.478. The van der Waals surface area contributed by atoms with Crippen molar-refractivity contribution in [3.05, 3.63) is 40.6 Å². The van der Waals surface area contributed by atoms with E-state index in [9.17, 15) is 4.79 Å². The maximum Gasteiger partial charge on any atom is 0.290 e. The molecule has 2 atom stereocenters. The van der Waals surface area contributed by atoms with E-state index in [1.165, 1.54) is 0 Å². The van der Waals surface area contributed by atoms with Crippen LogP contribution in [0.4, 0.5) is 0 Å². The SMILES string of the molecule is CCCC1CCNC[C@@H]1NC(=O)c1ccc2c(-c3ccsc3)n[nH]c2c1.O=CO. The number of carbonyl (C=O) groups excluding carboxylic acids is 1. The predicted molar refractivity (Wildman–Crippen MR) is 115 cm³/mol. The summed E-state index contributed by atoms with van der Waals surface area (Å²) in [6.07, 6.45) is 3.45. The third kappa shape index (κ3) is 5.02. The molecule has 2 aromatic heterocycles. The van der Waals surface area contributed by atoms with Gasteiger partial charge in [-0.3, -0.25) is 14.7 Å². The number of piperidine rings is 1. The zero-order chi connectivity index (χ0) is 20.6. The first-order valence-corrected chi connectivity index (χ1v) is 10.7. The fraction of sp³-hybridized carbons (Fsp3) is 0.381. The lowest BCUT2D eigenvalue weighted by Crippen LogP contribution is -2.51. The van der Waals surface area contributed by atoms with Gasteiger partial charge in [0.2, 0.25) is 0 Å². The highest BCUT2D eigenvalue weighted by Gasteiger charge is 2.26.